The second-order valence-corrected chi connectivity index (χ2v) is 8.38. The Kier molecular flexibility index (Phi) is 5.59. The highest BCUT2D eigenvalue weighted by Gasteiger charge is 2.23. The Bertz CT molecular complexity index is 943. The minimum Gasteiger partial charge on any atom is -0.260 e. The van der Waals surface area contributed by atoms with E-state index in [4.69, 9.17) is 16.6 Å². The van der Waals surface area contributed by atoms with Crippen LogP contribution in [0.4, 0.5) is 0 Å². The number of rotatable bonds is 1. The van der Waals surface area contributed by atoms with Crippen molar-refractivity contribution in [2.75, 3.05) is 0 Å². The van der Waals surface area contributed by atoms with E-state index in [1.165, 1.54) is 26.5 Å². The van der Waals surface area contributed by atoms with Gasteiger partial charge in [0.15, 0.2) is 0 Å². The molecule has 2 heterocycles. The van der Waals surface area contributed by atoms with E-state index in [-0.39, 0.29) is 0 Å². The van der Waals surface area contributed by atoms with Crippen LogP contribution in [-0.2, 0) is 0 Å². The van der Waals surface area contributed by atoms with Gasteiger partial charge in [-0.15, -0.1) is 11.3 Å². The molecule has 0 saturated heterocycles. The van der Waals surface area contributed by atoms with Crippen molar-refractivity contribution in [3.8, 4) is 0 Å². The van der Waals surface area contributed by atoms with E-state index in [9.17, 15) is 0 Å². The van der Waals surface area contributed by atoms with Crippen molar-refractivity contribution >= 4 is 34.9 Å². The van der Waals surface area contributed by atoms with E-state index in [2.05, 4.69) is 38.8 Å². The Labute approximate surface area is 164 Å². The molecule has 1 aromatic heterocycles. The van der Waals surface area contributed by atoms with Crippen LogP contribution in [0.1, 0.15) is 53.1 Å². The third-order valence-electron chi connectivity index (χ3n) is 4.84. The molecule has 1 aliphatic rings. The summed E-state index contributed by atoms with van der Waals surface area (Å²) in [4.78, 5) is 12.0. The molecule has 0 amide bonds. The molecule has 3 rings (SSSR count). The Hall–Kier alpha value is -1.97. The van der Waals surface area contributed by atoms with Crippen LogP contribution in [-0.4, -0.2) is 11.9 Å². The van der Waals surface area contributed by atoms with Crippen LogP contribution in [0.5, 0.6) is 0 Å². The summed E-state index contributed by atoms with van der Waals surface area (Å²) in [5.41, 5.74) is 6.75. The lowest BCUT2D eigenvalue weighted by atomic mass is 9.91. The molecule has 0 bridgehead atoms. The molecule has 2 nitrogen and oxygen atoms in total. The average molecular weight is 383 g/mol. The third-order valence-corrected chi connectivity index (χ3v) is 6.48. The third kappa shape index (κ3) is 3.74. The largest absolute Gasteiger partial charge is 0.260 e. The van der Waals surface area contributed by atoms with Gasteiger partial charge in [0.2, 0.25) is 0 Å². The number of allylic oxidation sites excluding steroid dienone is 3. The van der Waals surface area contributed by atoms with Crippen LogP contribution in [0.3, 0.4) is 0 Å². The topological polar surface area (TPSA) is 24.7 Å². The number of halogens is 1. The summed E-state index contributed by atoms with van der Waals surface area (Å²) < 4.78 is 0. The smallest absolute Gasteiger partial charge is 0.0789 e. The number of nitrogens with zero attached hydrogens (tertiary/aromatic N) is 2. The maximum Gasteiger partial charge on any atom is 0.0789 e. The van der Waals surface area contributed by atoms with Gasteiger partial charge in [-0.1, -0.05) is 36.2 Å². The molecule has 1 atom stereocenters. The van der Waals surface area contributed by atoms with E-state index < -0.39 is 0 Å². The van der Waals surface area contributed by atoms with E-state index in [1.54, 1.807) is 0 Å². The molecule has 0 fully saturated rings. The Morgan fingerprint density at radius 2 is 1.73 bits per heavy atom. The maximum atomic E-state index is 6.10. The number of hydrogen-bond donors (Lipinski definition) is 0. The molecule has 26 heavy (non-hydrogen) atoms. The van der Waals surface area contributed by atoms with Gasteiger partial charge in [0.1, 0.15) is 0 Å². The van der Waals surface area contributed by atoms with Gasteiger partial charge in [-0.25, -0.2) is 0 Å². The lowest BCUT2D eigenvalue weighted by molar-refractivity contribution is 0.915. The monoisotopic (exact) mass is 382 g/mol. The molecule has 0 N–H and O–H groups in total. The normalized spacial score (nSPS) is 23.0. The van der Waals surface area contributed by atoms with Crippen molar-refractivity contribution in [1.82, 2.24) is 0 Å². The zero-order valence-electron chi connectivity index (χ0n) is 15.8. The first kappa shape index (κ1) is 18.8. The molecular weight excluding hydrogens is 360 g/mol. The minimum atomic E-state index is 0.310. The number of aliphatic imine (C=N–C) groups is 2. The zero-order chi connectivity index (χ0) is 18.8. The van der Waals surface area contributed by atoms with Gasteiger partial charge in [0.05, 0.1) is 11.4 Å². The van der Waals surface area contributed by atoms with Crippen LogP contribution in [0.2, 0.25) is 5.02 Å². The van der Waals surface area contributed by atoms with Crippen molar-refractivity contribution in [3.05, 3.63) is 79.3 Å². The van der Waals surface area contributed by atoms with Crippen molar-refractivity contribution < 1.29 is 0 Å². The molecule has 1 unspecified atom stereocenters. The molecule has 134 valence electrons. The highest BCUT2D eigenvalue weighted by molar-refractivity contribution is 7.12. The Morgan fingerprint density at radius 1 is 1.04 bits per heavy atom. The fraction of sp³-hybridized carbons (Fsp3) is 0.273. The van der Waals surface area contributed by atoms with Crippen molar-refractivity contribution in [2.24, 2.45) is 9.98 Å². The number of hydrogen-bond acceptors (Lipinski definition) is 3. The summed E-state index contributed by atoms with van der Waals surface area (Å²) in [6.07, 6.45) is 5.81. The summed E-state index contributed by atoms with van der Waals surface area (Å²) in [5.74, 6) is 0.310. The minimum absolute atomic E-state index is 0.310. The zero-order valence-corrected chi connectivity index (χ0v) is 17.4. The predicted octanol–water partition coefficient (Wildman–Crippen LogP) is 6.85. The molecule has 1 aromatic carbocycles. The number of benzene rings is 1. The fourth-order valence-corrected chi connectivity index (χ4v) is 4.38. The van der Waals surface area contributed by atoms with E-state index in [0.29, 0.717) is 5.92 Å². The van der Waals surface area contributed by atoms with Gasteiger partial charge in [-0.2, -0.15) is 0 Å². The van der Waals surface area contributed by atoms with Crippen LogP contribution in [0.15, 0.2) is 57.8 Å². The van der Waals surface area contributed by atoms with E-state index in [1.807, 2.05) is 54.9 Å². The SMILES string of the molecule is C/C1=C/C=N\C(C)=C\N=C(c2ccc(Cl)cc2)c2c(sc(C)c2C)C1C. The fourth-order valence-electron chi connectivity index (χ4n) is 2.96. The molecule has 4 heteroatoms. The average Bonchev–Trinajstić information content (AvgIpc) is 2.90. The van der Waals surface area contributed by atoms with Crippen molar-refractivity contribution in [3.63, 3.8) is 0 Å². The second-order valence-electron chi connectivity index (χ2n) is 6.69. The Balaban J connectivity index is 2.32. The van der Waals surface area contributed by atoms with Gasteiger partial charge in [0.25, 0.3) is 0 Å². The summed E-state index contributed by atoms with van der Waals surface area (Å²) in [7, 11) is 0. The quantitative estimate of drug-likeness (QED) is 0.515. The highest BCUT2D eigenvalue weighted by Crippen LogP contribution is 2.38. The first-order valence-corrected chi connectivity index (χ1v) is 9.89. The predicted molar refractivity (Wildman–Crippen MR) is 115 cm³/mol. The first-order chi connectivity index (χ1) is 12.4. The van der Waals surface area contributed by atoms with Crippen LogP contribution in [0.25, 0.3) is 0 Å². The van der Waals surface area contributed by atoms with Gasteiger partial charge >= 0.3 is 0 Å². The first-order valence-electron chi connectivity index (χ1n) is 8.70. The summed E-state index contributed by atoms with van der Waals surface area (Å²) >= 11 is 7.97. The lowest BCUT2D eigenvalue weighted by Gasteiger charge is -2.15. The van der Waals surface area contributed by atoms with Crippen LogP contribution in [0, 0.1) is 13.8 Å². The molecule has 0 saturated carbocycles. The summed E-state index contributed by atoms with van der Waals surface area (Å²) in [6, 6.07) is 7.91. The molecule has 0 spiro atoms. The second kappa shape index (κ2) is 7.73. The lowest BCUT2D eigenvalue weighted by Crippen LogP contribution is -2.08. The van der Waals surface area contributed by atoms with Gasteiger partial charge < -0.3 is 0 Å². The highest BCUT2D eigenvalue weighted by atomic mass is 35.5. The summed E-state index contributed by atoms with van der Waals surface area (Å²) in [5, 5.41) is 0.730. The number of thiophene rings is 1. The van der Waals surface area contributed by atoms with Gasteiger partial charge in [0, 0.05) is 44.2 Å². The number of fused-ring (bicyclic) bond motifs is 1. The van der Waals surface area contributed by atoms with Gasteiger partial charge in [-0.05, 0) is 51.5 Å². The number of aryl methyl sites for hydroxylation is 1. The molecule has 1 aliphatic heterocycles. The van der Waals surface area contributed by atoms with Crippen LogP contribution < -0.4 is 0 Å². The molecule has 2 aromatic rings. The maximum absolute atomic E-state index is 6.10. The van der Waals surface area contributed by atoms with E-state index in [0.717, 1.165) is 22.0 Å². The van der Waals surface area contributed by atoms with Crippen molar-refractivity contribution in [2.45, 2.75) is 40.5 Å². The Morgan fingerprint density at radius 3 is 2.42 bits per heavy atom. The van der Waals surface area contributed by atoms with Crippen LogP contribution >= 0.6 is 22.9 Å². The summed E-state index contributed by atoms with van der Waals surface area (Å²) in [6.45, 7) is 10.8. The van der Waals surface area contributed by atoms with Gasteiger partial charge in [-0.3, -0.25) is 9.98 Å². The molecular formula is C22H23ClN2S. The van der Waals surface area contributed by atoms with E-state index >= 15 is 0 Å². The standard InChI is InChI=1S/C22H23ClN2S/c1-13-10-11-24-14(2)12-25-21(18-6-8-19(23)9-7-18)20-16(4)17(5)26-22(20)15(13)3/h6-12,15H,1-5H3/b13-10-,14-12+,24-11-,25-21?. The molecule has 0 radical (unpaired) electrons. The molecule has 0 aliphatic carbocycles. The van der Waals surface area contributed by atoms with Crippen molar-refractivity contribution in [1.29, 1.82) is 0 Å².